The van der Waals surface area contributed by atoms with Gasteiger partial charge in [0.1, 0.15) is 0 Å². The van der Waals surface area contributed by atoms with Crippen LogP contribution in [-0.2, 0) is 84.3 Å². The normalized spacial score (nSPS) is 11.3. The van der Waals surface area contributed by atoms with Crippen molar-refractivity contribution in [2.24, 2.45) is 0 Å². The van der Waals surface area contributed by atoms with Crippen LogP contribution in [0.5, 0.6) is 0 Å². The maximum absolute atomic E-state index is 5.54. The highest BCUT2D eigenvalue weighted by atomic mass is 32.1. The number of thiol groups is 3. The van der Waals surface area contributed by atoms with Crippen LogP contribution in [0, 0.1) is 0 Å². The molecule has 0 atom stereocenters. The minimum atomic E-state index is 0. The molecule has 0 fully saturated rings. The molecule has 0 aliphatic heterocycles. The average Bonchev–Trinajstić information content (AvgIpc) is 3.14. The van der Waals surface area contributed by atoms with E-state index in [2.05, 4.69) is 137 Å². The van der Waals surface area contributed by atoms with Crippen LogP contribution in [0.4, 0.5) is 14.1 Å². The third kappa shape index (κ3) is 22.1. The molecule has 0 unspecified atom stereocenters. The zero-order valence-electron chi connectivity index (χ0n) is 39.5. The maximum Gasteiger partial charge on any atom is 0.0727 e. The largest absolute Gasteiger partial charge is 0.377 e. The summed E-state index contributed by atoms with van der Waals surface area (Å²) in [6, 6.07) is 13.2. The zero-order chi connectivity index (χ0) is 43.4. The Morgan fingerprint density at radius 1 is 0.317 bits per heavy atom. The van der Waals surface area contributed by atoms with E-state index in [1.807, 2.05) is 41.5 Å². The molecule has 6 nitrogen and oxygen atoms in total. The summed E-state index contributed by atoms with van der Waals surface area (Å²) in [4.78, 5) is 2.99. The Labute approximate surface area is 379 Å². The number of halogens is 3. The van der Waals surface area contributed by atoms with Crippen LogP contribution < -0.4 is 0 Å². The fraction of sp³-hybridized carbons (Fsp3) is 0.625. The Hall–Kier alpha value is -1.74. The first-order valence-electron chi connectivity index (χ1n) is 20.7. The molecule has 0 spiro atoms. The van der Waals surface area contributed by atoms with Crippen molar-refractivity contribution in [1.29, 1.82) is 0 Å². The van der Waals surface area contributed by atoms with Crippen LogP contribution in [0.3, 0.4) is 0 Å². The topological polar surface area (TPSA) is 55.4 Å². The molecule has 0 radical (unpaired) electrons. The van der Waals surface area contributed by atoms with Gasteiger partial charge in [-0.25, -0.2) is 0 Å². The average molecular weight is 907 g/mol. The molecule has 0 saturated carbocycles. The van der Waals surface area contributed by atoms with E-state index in [1.54, 1.807) is 0 Å². The van der Waals surface area contributed by atoms with E-state index in [1.165, 1.54) is 16.7 Å². The van der Waals surface area contributed by atoms with Crippen LogP contribution >= 0.6 is 37.9 Å². The molecule has 0 aliphatic carbocycles. The van der Waals surface area contributed by atoms with Gasteiger partial charge in [0, 0.05) is 54.3 Å². The minimum absolute atomic E-state index is 0. The first kappa shape index (κ1) is 62.6. The van der Waals surface area contributed by atoms with E-state index >= 15 is 0 Å². The molecular weight excluding hydrogens is 826 g/mol. The van der Waals surface area contributed by atoms with Crippen LogP contribution in [0.2, 0.25) is 0 Å². The molecule has 0 amide bonds. The van der Waals surface area contributed by atoms with Crippen LogP contribution in [0.15, 0.2) is 51.1 Å². The molecule has 3 rings (SSSR count). The van der Waals surface area contributed by atoms with Crippen molar-refractivity contribution in [3.05, 3.63) is 86.5 Å². The van der Waals surface area contributed by atoms with Crippen LogP contribution in [0.1, 0.15) is 154 Å². The molecule has 0 bridgehead atoms. The summed E-state index contributed by atoms with van der Waals surface area (Å²) in [5, 5.41) is 0. The molecule has 0 heterocycles. The molecule has 3 aromatic rings. The van der Waals surface area contributed by atoms with Gasteiger partial charge in [0.05, 0.1) is 39.6 Å². The molecule has 3 aromatic carbocycles. The van der Waals surface area contributed by atoms with Gasteiger partial charge in [0.2, 0.25) is 0 Å². The smallest absolute Gasteiger partial charge is 0.0727 e. The number of rotatable bonds is 18. The molecule has 0 aromatic heterocycles. The minimum Gasteiger partial charge on any atom is -0.377 e. The number of hydrogen-bond donors (Lipinski definition) is 3. The quantitative estimate of drug-likeness (QED) is 0.111. The van der Waals surface area contributed by atoms with Gasteiger partial charge in [-0.05, 0) is 108 Å². The van der Waals surface area contributed by atoms with Gasteiger partial charge in [-0.15, -0.1) is 37.9 Å². The summed E-state index contributed by atoms with van der Waals surface area (Å²) >= 11 is 13.9. The lowest BCUT2D eigenvalue weighted by molar-refractivity contribution is 0.126. The Bertz CT molecular complexity index is 1340. The maximum atomic E-state index is 5.54. The Morgan fingerprint density at radius 2 is 0.450 bits per heavy atom. The number of benzene rings is 3. The molecule has 0 N–H and O–H groups in total. The van der Waals surface area contributed by atoms with Gasteiger partial charge >= 0.3 is 0 Å². The molecule has 348 valence electrons. The monoisotopic (exact) mass is 907 g/mol. The van der Waals surface area contributed by atoms with Crippen molar-refractivity contribution >= 4 is 37.9 Å². The third-order valence-electron chi connectivity index (χ3n) is 9.17. The van der Waals surface area contributed by atoms with Gasteiger partial charge in [-0.3, -0.25) is 14.1 Å². The van der Waals surface area contributed by atoms with E-state index in [0.29, 0.717) is 79.3 Å². The van der Waals surface area contributed by atoms with Gasteiger partial charge in [0.15, 0.2) is 0 Å². The molecular formula is C48H81F3O6S3. The Kier molecular flexibility index (Phi) is 32.5. The van der Waals surface area contributed by atoms with Crippen molar-refractivity contribution in [3.8, 4) is 0 Å². The van der Waals surface area contributed by atoms with Gasteiger partial charge < -0.3 is 28.4 Å². The predicted octanol–water partition coefficient (Wildman–Crippen LogP) is 13.5. The lowest BCUT2D eigenvalue weighted by atomic mass is 9.85. The van der Waals surface area contributed by atoms with Crippen molar-refractivity contribution in [2.75, 3.05) is 39.6 Å². The summed E-state index contributed by atoms with van der Waals surface area (Å²) in [5.41, 5.74) is 11.1. The fourth-order valence-corrected chi connectivity index (χ4v) is 6.29. The van der Waals surface area contributed by atoms with E-state index in [9.17, 15) is 0 Å². The van der Waals surface area contributed by atoms with Crippen LogP contribution in [-0.4, -0.2) is 39.6 Å². The van der Waals surface area contributed by atoms with Crippen molar-refractivity contribution < 1.29 is 42.5 Å². The molecule has 0 saturated heterocycles. The highest BCUT2D eigenvalue weighted by Gasteiger charge is 2.20. The lowest BCUT2D eigenvalue weighted by Crippen LogP contribution is -2.13. The van der Waals surface area contributed by atoms with Crippen molar-refractivity contribution in [2.45, 2.75) is 174 Å². The number of hydrogen-bond acceptors (Lipinski definition) is 9. The lowest BCUT2D eigenvalue weighted by Gasteiger charge is -2.23. The summed E-state index contributed by atoms with van der Waals surface area (Å²) < 4.78 is 33.2. The SMILES string of the molecule is CCOCc1cc(C(C)(C)C)cc(COCC)c1S.CCOCc1cc(C(C)(C)C)cc(COCC)c1S.CCOCc1cc(C(C)(C)C)cc(COCC)c1S.F.F.F. The summed E-state index contributed by atoms with van der Waals surface area (Å²) in [7, 11) is 0. The second-order valence-corrected chi connectivity index (χ2v) is 18.3. The summed E-state index contributed by atoms with van der Waals surface area (Å²) in [6.45, 7) is 40.0. The summed E-state index contributed by atoms with van der Waals surface area (Å²) in [6.07, 6.45) is 0. The van der Waals surface area contributed by atoms with Crippen LogP contribution in [0.25, 0.3) is 0 Å². The molecule has 0 aliphatic rings. The molecule has 12 heteroatoms. The zero-order valence-corrected chi connectivity index (χ0v) is 42.1. The predicted molar refractivity (Wildman–Crippen MR) is 257 cm³/mol. The fourth-order valence-electron chi connectivity index (χ4n) is 5.51. The van der Waals surface area contributed by atoms with E-state index in [0.717, 1.165) is 48.1 Å². The second-order valence-electron chi connectivity index (χ2n) is 17.0. The molecule has 60 heavy (non-hydrogen) atoms. The van der Waals surface area contributed by atoms with Crippen molar-refractivity contribution in [1.82, 2.24) is 0 Å². The second kappa shape index (κ2) is 31.2. The first-order chi connectivity index (χ1) is 26.7. The summed E-state index contributed by atoms with van der Waals surface area (Å²) in [5.74, 6) is 0. The van der Waals surface area contributed by atoms with Gasteiger partial charge in [0.25, 0.3) is 0 Å². The Morgan fingerprint density at radius 3 is 0.550 bits per heavy atom. The highest BCUT2D eigenvalue weighted by Crippen LogP contribution is 2.33. The Balaban J connectivity index is -0.000000792. The van der Waals surface area contributed by atoms with E-state index in [4.69, 9.17) is 28.4 Å². The van der Waals surface area contributed by atoms with E-state index < -0.39 is 0 Å². The van der Waals surface area contributed by atoms with Crippen molar-refractivity contribution in [3.63, 3.8) is 0 Å². The first-order valence-corrected chi connectivity index (χ1v) is 22.1. The van der Waals surface area contributed by atoms with Gasteiger partial charge in [-0.2, -0.15) is 0 Å². The highest BCUT2D eigenvalue weighted by molar-refractivity contribution is 7.80. The number of ether oxygens (including phenoxy) is 6. The third-order valence-corrected chi connectivity index (χ3v) is 10.9. The van der Waals surface area contributed by atoms with Gasteiger partial charge in [-0.1, -0.05) is 98.7 Å². The van der Waals surface area contributed by atoms with E-state index in [-0.39, 0.29) is 30.4 Å². The standard InChI is InChI=1S/3C16H26O2S.3FH/c3*1-6-17-10-12-8-14(16(3,4)5)9-13(15(12)19)11-18-7-2;;;/h3*8-9,19H,6-7,10-11H2,1-5H3;3*1H.